The molecule has 0 aliphatic carbocycles. The molecule has 0 bridgehead atoms. The van der Waals surface area contributed by atoms with Crippen molar-refractivity contribution in [3.05, 3.63) is 66.0 Å². The van der Waals surface area contributed by atoms with Crippen molar-refractivity contribution in [2.75, 3.05) is 17.2 Å². The maximum atomic E-state index is 13.3. The monoisotopic (exact) mass is 406 g/mol. The van der Waals surface area contributed by atoms with E-state index in [2.05, 4.69) is 25.3 Å². The van der Waals surface area contributed by atoms with Crippen LogP contribution < -0.4 is 15.4 Å². The Bertz CT molecular complexity index is 979. The van der Waals surface area contributed by atoms with E-state index in [0.29, 0.717) is 36.1 Å². The first-order valence-electron chi connectivity index (χ1n) is 8.80. The van der Waals surface area contributed by atoms with Crippen LogP contribution in [0, 0.1) is 5.82 Å². The number of benzene rings is 2. The third kappa shape index (κ3) is 6.06. The topological polar surface area (TPSA) is 59.1 Å². The van der Waals surface area contributed by atoms with Gasteiger partial charge in [-0.1, -0.05) is 24.3 Å². The van der Waals surface area contributed by atoms with E-state index in [1.165, 1.54) is 30.3 Å². The molecular weight excluding hydrogens is 388 g/mol. The second kappa shape index (κ2) is 8.76. The Kier molecular flexibility index (Phi) is 6.16. The van der Waals surface area contributed by atoms with Crippen LogP contribution >= 0.6 is 0 Å². The van der Waals surface area contributed by atoms with Crippen molar-refractivity contribution in [3.8, 4) is 17.0 Å². The second-order valence-corrected chi connectivity index (χ2v) is 6.05. The summed E-state index contributed by atoms with van der Waals surface area (Å²) in [5.74, 6) is 0.0709. The molecule has 0 unspecified atom stereocenters. The molecule has 3 rings (SSSR count). The molecule has 0 fully saturated rings. The second-order valence-electron chi connectivity index (χ2n) is 6.05. The fourth-order valence-corrected chi connectivity index (χ4v) is 2.61. The molecular formula is C20H18F4N4O. The van der Waals surface area contributed by atoms with E-state index in [9.17, 15) is 17.6 Å². The predicted octanol–water partition coefficient (Wildman–Crippen LogP) is 5.23. The summed E-state index contributed by atoms with van der Waals surface area (Å²) in [5.41, 5.74) is 1.56. The molecule has 0 spiro atoms. The van der Waals surface area contributed by atoms with E-state index in [4.69, 9.17) is 0 Å². The number of ether oxygens (including phenoxy) is 1. The van der Waals surface area contributed by atoms with Crippen LogP contribution in [0.4, 0.5) is 29.3 Å². The summed E-state index contributed by atoms with van der Waals surface area (Å²) in [7, 11) is 0. The van der Waals surface area contributed by atoms with Gasteiger partial charge in [-0.3, -0.25) is 0 Å². The highest BCUT2D eigenvalue weighted by Gasteiger charge is 2.31. The van der Waals surface area contributed by atoms with Gasteiger partial charge in [0.25, 0.3) is 0 Å². The number of anilines is 2. The van der Waals surface area contributed by atoms with Gasteiger partial charge in [0.05, 0.1) is 5.69 Å². The highest BCUT2D eigenvalue weighted by molar-refractivity contribution is 5.66. The minimum absolute atomic E-state index is 0.314. The van der Waals surface area contributed by atoms with E-state index >= 15 is 0 Å². The molecule has 0 radical (unpaired) electrons. The van der Waals surface area contributed by atoms with Gasteiger partial charge in [0.15, 0.2) is 0 Å². The normalized spacial score (nSPS) is 11.2. The van der Waals surface area contributed by atoms with Crippen LogP contribution in [0.3, 0.4) is 0 Å². The fourth-order valence-electron chi connectivity index (χ4n) is 2.61. The van der Waals surface area contributed by atoms with Crippen molar-refractivity contribution in [3.63, 3.8) is 0 Å². The molecule has 0 atom stereocenters. The Morgan fingerprint density at radius 3 is 2.48 bits per heavy atom. The SMILES string of the molecule is CCNc1nc(NCc2cccc(F)c2)cc(-c2cccc(OC(F)(F)F)c2)n1. The Balaban J connectivity index is 1.87. The molecule has 2 N–H and O–H groups in total. The van der Waals surface area contributed by atoms with Crippen LogP contribution in [0.2, 0.25) is 0 Å². The van der Waals surface area contributed by atoms with Crippen LogP contribution in [0.1, 0.15) is 12.5 Å². The molecule has 3 aromatic rings. The third-order valence-corrected chi connectivity index (χ3v) is 3.79. The van der Waals surface area contributed by atoms with Crippen LogP contribution in [0.5, 0.6) is 5.75 Å². The number of rotatable bonds is 7. The lowest BCUT2D eigenvalue weighted by Crippen LogP contribution is -2.17. The van der Waals surface area contributed by atoms with Crippen LogP contribution in [0.25, 0.3) is 11.3 Å². The zero-order valence-electron chi connectivity index (χ0n) is 15.4. The highest BCUT2D eigenvalue weighted by atomic mass is 19.4. The zero-order valence-corrected chi connectivity index (χ0v) is 15.4. The van der Waals surface area contributed by atoms with Gasteiger partial charge in [0.1, 0.15) is 17.4 Å². The van der Waals surface area contributed by atoms with Gasteiger partial charge < -0.3 is 15.4 Å². The molecule has 1 heterocycles. The first-order chi connectivity index (χ1) is 13.8. The molecule has 2 aromatic carbocycles. The molecule has 5 nitrogen and oxygen atoms in total. The number of nitrogens with one attached hydrogen (secondary N) is 2. The predicted molar refractivity (Wildman–Crippen MR) is 102 cm³/mol. The van der Waals surface area contributed by atoms with E-state index in [0.717, 1.165) is 5.56 Å². The molecule has 0 amide bonds. The molecule has 0 saturated heterocycles. The lowest BCUT2D eigenvalue weighted by Gasteiger charge is -2.12. The average Bonchev–Trinajstić information content (AvgIpc) is 2.65. The standard InChI is InChI=1S/C20H18F4N4O/c1-2-25-19-27-17(14-6-4-8-16(10-14)29-20(22,23)24)11-18(28-19)26-12-13-5-3-7-15(21)9-13/h3-11H,2,12H2,1H3,(H2,25,26,27,28). The summed E-state index contributed by atoms with van der Waals surface area (Å²) in [5, 5.41) is 6.07. The lowest BCUT2D eigenvalue weighted by atomic mass is 10.1. The minimum atomic E-state index is -4.78. The smallest absolute Gasteiger partial charge is 0.406 e. The first kappa shape index (κ1) is 20.4. The molecule has 152 valence electrons. The Morgan fingerprint density at radius 1 is 0.966 bits per heavy atom. The first-order valence-corrected chi connectivity index (χ1v) is 8.80. The molecule has 0 aliphatic rings. The Hall–Kier alpha value is -3.36. The van der Waals surface area contributed by atoms with Gasteiger partial charge in [-0.05, 0) is 36.8 Å². The number of hydrogen-bond donors (Lipinski definition) is 2. The number of alkyl halides is 3. The number of nitrogens with zero attached hydrogens (tertiary/aromatic N) is 2. The average molecular weight is 406 g/mol. The van der Waals surface area contributed by atoms with Gasteiger partial charge in [-0.25, -0.2) is 9.37 Å². The summed E-state index contributed by atoms with van der Waals surface area (Å²) in [6.07, 6.45) is -4.78. The summed E-state index contributed by atoms with van der Waals surface area (Å²) < 4.78 is 54.8. The maximum absolute atomic E-state index is 13.3. The molecule has 1 aromatic heterocycles. The van der Waals surface area contributed by atoms with Gasteiger partial charge in [-0.2, -0.15) is 4.98 Å². The van der Waals surface area contributed by atoms with Crippen molar-refractivity contribution in [2.24, 2.45) is 0 Å². The van der Waals surface area contributed by atoms with Gasteiger partial charge >= 0.3 is 6.36 Å². The third-order valence-electron chi connectivity index (χ3n) is 3.79. The maximum Gasteiger partial charge on any atom is 0.573 e. The molecule has 29 heavy (non-hydrogen) atoms. The van der Waals surface area contributed by atoms with Gasteiger partial charge in [0.2, 0.25) is 5.95 Å². The van der Waals surface area contributed by atoms with E-state index in [1.54, 1.807) is 24.3 Å². The van der Waals surface area contributed by atoms with E-state index in [1.807, 2.05) is 6.92 Å². The molecule has 0 aliphatic heterocycles. The van der Waals surface area contributed by atoms with Crippen LogP contribution in [-0.4, -0.2) is 22.9 Å². The summed E-state index contributed by atoms with van der Waals surface area (Å²) in [6.45, 7) is 2.74. The van der Waals surface area contributed by atoms with Gasteiger partial charge in [-0.15, -0.1) is 13.2 Å². The van der Waals surface area contributed by atoms with Crippen molar-refractivity contribution in [1.82, 2.24) is 9.97 Å². The molecule has 9 heteroatoms. The Labute approximate surface area is 164 Å². The van der Waals surface area contributed by atoms with Crippen molar-refractivity contribution in [1.29, 1.82) is 0 Å². The van der Waals surface area contributed by atoms with E-state index < -0.39 is 6.36 Å². The number of halogens is 4. The van der Waals surface area contributed by atoms with Crippen molar-refractivity contribution in [2.45, 2.75) is 19.8 Å². The largest absolute Gasteiger partial charge is 0.573 e. The van der Waals surface area contributed by atoms with Crippen LogP contribution in [-0.2, 0) is 6.54 Å². The highest BCUT2D eigenvalue weighted by Crippen LogP contribution is 2.28. The number of aromatic nitrogens is 2. The van der Waals surface area contributed by atoms with Crippen LogP contribution in [0.15, 0.2) is 54.6 Å². The quantitative estimate of drug-likeness (QED) is 0.527. The Morgan fingerprint density at radius 2 is 1.76 bits per heavy atom. The number of hydrogen-bond acceptors (Lipinski definition) is 5. The summed E-state index contributed by atoms with van der Waals surface area (Å²) in [4.78, 5) is 8.67. The molecule has 0 saturated carbocycles. The zero-order chi connectivity index (χ0) is 20.9. The fraction of sp³-hybridized carbons (Fsp3) is 0.200. The lowest BCUT2D eigenvalue weighted by molar-refractivity contribution is -0.274. The summed E-state index contributed by atoms with van der Waals surface area (Å²) in [6, 6.07) is 13.3. The minimum Gasteiger partial charge on any atom is -0.406 e. The van der Waals surface area contributed by atoms with Crippen molar-refractivity contribution < 1.29 is 22.3 Å². The van der Waals surface area contributed by atoms with Crippen molar-refractivity contribution >= 4 is 11.8 Å². The summed E-state index contributed by atoms with van der Waals surface area (Å²) >= 11 is 0. The van der Waals surface area contributed by atoms with E-state index in [-0.39, 0.29) is 11.6 Å². The van der Waals surface area contributed by atoms with Gasteiger partial charge in [0, 0.05) is 24.7 Å².